The van der Waals surface area contributed by atoms with Gasteiger partial charge in [-0.15, -0.1) is 11.3 Å². The molecule has 0 spiro atoms. The number of thiophene rings is 1. The van der Waals surface area contributed by atoms with Gasteiger partial charge in [-0.25, -0.2) is 4.39 Å². The van der Waals surface area contributed by atoms with E-state index in [0.717, 1.165) is 30.4 Å². The molecule has 2 aromatic rings. The summed E-state index contributed by atoms with van der Waals surface area (Å²) < 4.78 is 14.6. The van der Waals surface area contributed by atoms with Crippen molar-refractivity contribution in [1.29, 1.82) is 0 Å². The van der Waals surface area contributed by atoms with Gasteiger partial charge in [0.15, 0.2) is 0 Å². The zero-order valence-corrected chi connectivity index (χ0v) is 12.7. The third-order valence-electron chi connectivity index (χ3n) is 4.22. The number of hydrogen-bond donors (Lipinski definition) is 2. The minimum atomic E-state index is -0.772. The molecule has 112 valence electrons. The molecule has 1 aliphatic rings. The molecule has 1 amide bonds. The largest absolute Gasteiger partial charge is 0.388 e. The van der Waals surface area contributed by atoms with E-state index in [2.05, 4.69) is 5.32 Å². The maximum Gasteiger partial charge on any atom is 0.261 e. The fourth-order valence-corrected chi connectivity index (χ4v) is 4.14. The Morgan fingerprint density at radius 2 is 2.14 bits per heavy atom. The lowest BCUT2D eigenvalue weighted by Crippen LogP contribution is -2.40. The molecule has 1 aromatic heterocycles. The lowest BCUT2D eigenvalue weighted by Gasteiger charge is -2.22. The van der Waals surface area contributed by atoms with E-state index < -0.39 is 5.60 Å². The lowest BCUT2D eigenvalue weighted by molar-refractivity contribution is 0.0450. The number of nitrogens with one attached hydrogen (secondary N) is 1. The molecule has 0 unspecified atom stereocenters. The van der Waals surface area contributed by atoms with E-state index in [1.54, 1.807) is 13.0 Å². The van der Waals surface area contributed by atoms with Crippen LogP contribution in [0.25, 0.3) is 10.1 Å². The van der Waals surface area contributed by atoms with Gasteiger partial charge in [-0.2, -0.15) is 0 Å². The predicted molar refractivity (Wildman–Crippen MR) is 82.3 cm³/mol. The van der Waals surface area contributed by atoms with Crippen molar-refractivity contribution < 1.29 is 14.3 Å². The van der Waals surface area contributed by atoms with Gasteiger partial charge in [-0.05, 0) is 37.5 Å². The highest BCUT2D eigenvalue weighted by molar-refractivity contribution is 7.21. The number of carbonyl (C=O) groups excluding carboxylic acids is 1. The molecule has 3 rings (SSSR count). The second-order valence-corrected chi connectivity index (χ2v) is 6.84. The van der Waals surface area contributed by atoms with Gasteiger partial charge >= 0.3 is 0 Å². The SMILES string of the molecule is Cc1c(C(=O)NCC2(O)CCCC2)sc2cccc(F)c12. The first-order valence-electron chi connectivity index (χ1n) is 7.18. The zero-order valence-electron chi connectivity index (χ0n) is 11.9. The molecule has 0 aliphatic heterocycles. The fourth-order valence-electron chi connectivity index (χ4n) is 3.00. The minimum Gasteiger partial charge on any atom is -0.388 e. The van der Waals surface area contributed by atoms with Gasteiger partial charge in [-0.1, -0.05) is 18.9 Å². The van der Waals surface area contributed by atoms with E-state index >= 15 is 0 Å². The summed E-state index contributed by atoms with van der Waals surface area (Å²) in [5.41, 5.74) is -0.102. The van der Waals surface area contributed by atoms with Crippen molar-refractivity contribution in [1.82, 2.24) is 5.32 Å². The predicted octanol–water partition coefficient (Wildman–Crippen LogP) is 3.38. The van der Waals surface area contributed by atoms with E-state index in [4.69, 9.17) is 0 Å². The number of hydrogen-bond acceptors (Lipinski definition) is 3. The van der Waals surface area contributed by atoms with Crippen molar-refractivity contribution in [3.8, 4) is 0 Å². The van der Waals surface area contributed by atoms with Crippen LogP contribution in [0.5, 0.6) is 0 Å². The fraction of sp³-hybridized carbons (Fsp3) is 0.438. The van der Waals surface area contributed by atoms with Crippen LogP contribution in [-0.4, -0.2) is 23.2 Å². The molecule has 0 radical (unpaired) electrons. The molecule has 1 fully saturated rings. The maximum absolute atomic E-state index is 13.9. The molecule has 1 aliphatic carbocycles. The van der Waals surface area contributed by atoms with Crippen LogP contribution in [0.4, 0.5) is 4.39 Å². The third-order valence-corrected chi connectivity index (χ3v) is 5.48. The standard InChI is InChI=1S/C16H18FNO2S/c1-10-13-11(17)5-4-6-12(13)21-14(10)15(19)18-9-16(20)7-2-3-8-16/h4-6,20H,2-3,7-9H2,1H3,(H,18,19). The van der Waals surface area contributed by atoms with E-state index in [9.17, 15) is 14.3 Å². The van der Waals surface area contributed by atoms with Crippen LogP contribution in [0, 0.1) is 12.7 Å². The molecule has 5 heteroatoms. The molecule has 1 heterocycles. The summed E-state index contributed by atoms with van der Waals surface area (Å²) in [6, 6.07) is 4.87. The van der Waals surface area contributed by atoms with Gasteiger partial charge in [0.1, 0.15) is 5.82 Å². The molecule has 2 N–H and O–H groups in total. The zero-order chi connectivity index (χ0) is 15.0. The summed E-state index contributed by atoms with van der Waals surface area (Å²) in [7, 11) is 0. The summed E-state index contributed by atoms with van der Waals surface area (Å²) in [4.78, 5) is 12.8. The maximum atomic E-state index is 13.9. The number of rotatable bonds is 3. The summed E-state index contributed by atoms with van der Waals surface area (Å²) in [5.74, 6) is -0.525. The number of amides is 1. The summed E-state index contributed by atoms with van der Waals surface area (Å²) >= 11 is 1.29. The number of aryl methyl sites for hydroxylation is 1. The van der Waals surface area contributed by atoms with E-state index in [0.29, 0.717) is 15.8 Å². The third kappa shape index (κ3) is 2.68. The normalized spacial score (nSPS) is 17.3. The van der Waals surface area contributed by atoms with Crippen LogP contribution in [0.15, 0.2) is 18.2 Å². The Balaban J connectivity index is 1.82. The second-order valence-electron chi connectivity index (χ2n) is 5.78. The molecule has 0 bridgehead atoms. The summed E-state index contributed by atoms with van der Waals surface area (Å²) in [6.45, 7) is 2.03. The first-order chi connectivity index (χ1) is 10.0. The quantitative estimate of drug-likeness (QED) is 0.913. The van der Waals surface area contributed by atoms with Crippen LogP contribution < -0.4 is 5.32 Å². The van der Waals surface area contributed by atoms with E-state index in [1.165, 1.54) is 17.4 Å². The van der Waals surface area contributed by atoms with Crippen molar-refractivity contribution in [2.45, 2.75) is 38.2 Å². The van der Waals surface area contributed by atoms with Crippen LogP contribution >= 0.6 is 11.3 Å². The minimum absolute atomic E-state index is 0.228. The molecule has 1 saturated carbocycles. The van der Waals surface area contributed by atoms with Crippen LogP contribution in [0.3, 0.4) is 0 Å². The summed E-state index contributed by atoms with van der Waals surface area (Å²) in [5, 5.41) is 13.6. The molecule has 0 atom stereocenters. The van der Waals surface area contributed by atoms with Crippen LogP contribution in [-0.2, 0) is 0 Å². The van der Waals surface area contributed by atoms with E-state index in [-0.39, 0.29) is 18.3 Å². The molecule has 21 heavy (non-hydrogen) atoms. The smallest absolute Gasteiger partial charge is 0.261 e. The van der Waals surface area contributed by atoms with Crippen molar-refractivity contribution in [2.75, 3.05) is 6.54 Å². The Morgan fingerprint density at radius 1 is 1.43 bits per heavy atom. The average molecular weight is 307 g/mol. The highest BCUT2D eigenvalue weighted by atomic mass is 32.1. The molecule has 0 saturated heterocycles. The topological polar surface area (TPSA) is 49.3 Å². The first-order valence-corrected chi connectivity index (χ1v) is 8.00. The van der Waals surface area contributed by atoms with Crippen molar-refractivity contribution >= 4 is 27.3 Å². The van der Waals surface area contributed by atoms with Gasteiger partial charge in [0.05, 0.1) is 10.5 Å². The van der Waals surface area contributed by atoms with Crippen LogP contribution in [0.2, 0.25) is 0 Å². The van der Waals surface area contributed by atoms with Gasteiger partial charge in [0, 0.05) is 16.6 Å². The molecule has 3 nitrogen and oxygen atoms in total. The highest BCUT2D eigenvalue weighted by Gasteiger charge is 2.31. The Kier molecular flexibility index (Phi) is 3.71. The molecular weight excluding hydrogens is 289 g/mol. The van der Waals surface area contributed by atoms with Crippen LogP contribution in [0.1, 0.15) is 40.9 Å². The second kappa shape index (κ2) is 5.39. The number of halogens is 1. The summed E-state index contributed by atoms with van der Waals surface area (Å²) in [6.07, 6.45) is 3.46. The molecule has 1 aromatic carbocycles. The van der Waals surface area contributed by atoms with Gasteiger partial charge < -0.3 is 10.4 Å². The Labute approximate surface area is 126 Å². The molecular formula is C16H18FNO2S. The lowest BCUT2D eigenvalue weighted by atomic mass is 10.0. The van der Waals surface area contributed by atoms with Gasteiger partial charge in [0.25, 0.3) is 5.91 Å². The van der Waals surface area contributed by atoms with Crippen molar-refractivity contribution in [2.24, 2.45) is 0 Å². The first kappa shape index (κ1) is 14.5. The van der Waals surface area contributed by atoms with E-state index in [1.807, 2.05) is 6.07 Å². The average Bonchev–Trinajstić information content (AvgIpc) is 3.02. The Bertz CT molecular complexity index is 689. The van der Waals surface area contributed by atoms with Gasteiger partial charge in [-0.3, -0.25) is 4.79 Å². The number of benzene rings is 1. The highest BCUT2D eigenvalue weighted by Crippen LogP contribution is 2.33. The number of carbonyl (C=O) groups is 1. The van der Waals surface area contributed by atoms with Crippen molar-refractivity contribution in [3.05, 3.63) is 34.5 Å². The Hall–Kier alpha value is -1.46. The van der Waals surface area contributed by atoms with Gasteiger partial charge in [0.2, 0.25) is 0 Å². The van der Waals surface area contributed by atoms with Crippen molar-refractivity contribution in [3.63, 3.8) is 0 Å². The Morgan fingerprint density at radius 3 is 2.81 bits per heavy atom. The monoisotopic (exact) mass is 307 g/mol. The number of fused-ring (bicyclic) bond motifs is 1. The number of aliphatic hydroxyl groups is 1.